The van der Waals surface area contributed by atoms with Crippen LogP contribution in [0.3, 0.4) is 0 Å². The molecule has 0 saturated heterocycles. The van der Waals surface area contributed by atoms with E-state index in [1.165, 1.54) is 6.33 Å². The van der Waals surface area contributed by atoms with Gasteiger partial charge in [-0.15, -0.1) is 11.3 Å². The predicted octanol–water partition coefficient (Wildman–Crippen LogP) is 1.93. The van der Waals surface area contributed by atoms with E-state index in [0.717, 1.165) is 16.0 Å². The van der Waals surface area contributed by atoms with E-state index < -0.39 is 6.10 Å². The van der Waals surface area contributed by atoms with E-state index in [0.29, 0.717) is 0 Å². The smallest absolute Gasteiger partial charge is 0.115 e. The molecule has 0 bridgehead atoms. The van der Waals surface area contributed by atoms with Crippen LogP contribution in [-0.2, 0) is 0 Å². The predicted molar refractivity (Wildman–Crippen MR) is 55.1 cm³/mol. The lowest BCUT2D eigenvalue weighted by molar-refractivity contribution is 0.219. The Labute approximate surface area is 86.1 Å². The van der Waals surface area contributed by atoms with Crippen molar-refractivity contribution in [1.29, 1.82) is 0 Å². The SMILES string of the molecule is Cc1sccc1C(O)c1cncnc1. The Morgan fingerprint density at radius 2 is 2.07 bits per heavy atom. The number of aliphatic hydroxyl groups excluding tert-OH is 1. The normalized spacial score (nSPS) is 12.7. The monoisotopic (exact) mass is 206 g/mol. The summed E-state index contributed by atoms with van der Waals surface area (Å²) in [6, 6.07) is 1.93. The molecule has 1 atom stereocenters. The number of thiophene rings is 1. The molecule has 0 aliphatic heterocycles. The van der Waals surface area contributed by atoms with Gasteiger partial charge in [0.1, 0.15) is 12.4 Å². The van der Waals surface area contributed by atoms with Crippen molar-refractivity contribution in [2.75, 3.05) is 0 Å². The highest BCUT2D eigenvalue weighted by molar-refractivity contribution is 7.10. The maximum atomic E-state index is 9.99. The third-order valence-corrected chi connectivity index (χ3v) is 2.95. The number of aryl methyl sites for hydroxylation is 1. The fourth-order valence-corrected chi connectivity index (χ4v) is 2.04. The minimum absolute atomic E-state index is 0.609. The van der Waals surface area contributed by atoms with E-state index in [4.69, 9.17) is 0 Å². The summed E-state index contributed by atoms with van der Waals surface area (Å²) in [6.45, 7) is 1.99. The number of aromatic nitrogens is 2. The molecule has 2 aromatic heterocycles. The van der Waals surface area contributed by atoms with E-state index in [1.54, 1.807) is 23.7 Å². The highest BCUT2D eigenvalue weighted by atomic mass is 32.1. The topological polar surface area (TPSA) is 46.0 Å². The lowest BCUT2D eigenvalue weighted by Gasteiger charge is -2.09. The molecule has 1 N–H and O–H groups in total. The van der Waals surface area contributed by atoms with Gasteiger partial charge in [-0.25, -0.2) is 9.97 Å². The van der Waals surface area contributed by atoms with E-state index in [2.05, 4.69) is 9.97 Å². The van der Waals surface area contributed by atoms with Crippen molar-refractivity contribution in [3.8, 4) is 0 Å². The zero-order valence-corrected chi connectivity index (χ0v) is 8.53. The quantitative estimate of drug-likeness (QED) is 0.816. The molecule has 0 radical (unpaired) electrons. The lowest BCUT2D eigenvalue weighted by atomic mass is 10.1. The van der Waals surface area contributed by atoms with Gasteiger partial charge in [-0.1, -0.05) is 0 Å². The molecule has 0 fully saturated rings. The maximum absolute atomic E-state index is 9.99. The van der Waals surface area contributed by atoms with Gasteiger partial charge in [-0.2, -0.15) is 0 Å². The first kappa shape index (κ1) is 9.30. The molecule has 0 aromatic carbocycles. The molecular formula is C10H10N2OS. The number of hydrogen-bond donors (Lipinski definition) is 1. The molecule has 0 aliphatic rings. The molecule has 4 heteroatoms. The van der Waals surface area contributed by atoms with Gasteiger partial charge in [0.25, 0.3) is 0 Å². The number of hydrogen-bond acceptors (Lipinski definition) is 4. The van der Waals surface area contributed by atoms with E-state index in [9.17, 15) is 5.11 Å². The van der Waals surface area contributed by atoms with Crippen LogP contribution < -0.4 is 0 Å². The first-order chi connectivity index (χ1) is 6.79. The van der Waals surface area contributed by atoms with E-state index in [1.807, 2.05) is 18.4 Å². The molecule has 0 aliphatic carbocycles. The molecule has 0 amide bonds. The van der Waals surface area contributed by atoms with Crippen LogP contribution in [0.25, 0.3) is 0 Å². The first-order valence-electron chi connectivity index (χ1n) is 4.26. The Hall–Kier alpha value is -1.26. The van der Waals surface area contributed by atoms with Crippen LogP contribution in [0.1, 0.15) is 22.1 Å². The van der Waals surface area contributed by atoms with Gasteiger partial charge in [-0.05, 0) is 23.9 Å². The molecule has 2 heterocycles. The molecular weight excluding hydrogens is 196 g/mol. The molecule has 3 nitrogen and oxygen atoms in total. The van der Waals surface area contributed by atoms with Crippen LogP contribution in [0.4, 0.5) is 0 Å². The summed E-state index contributed by atoms with van der Waals surface area (Å²) in [5.41, 5.74) is 1.67. The minimum Gasteiger partial charge on any atom is -0.384 e. The molecule has 1 unspecified atom stereocenters. The van der Waals surface area contributed by atoms with Gasteiger partial charge in [0.2, 0.25) is 0 Å². The van der Waals surface area contributed by atoms with Crippen molar-refractivity contribution in [2.45, 2.75) is 13.0 Å². The van der Waals surface area contributed by atoms with Crippen molar-refractivity contribution in [3.05, 3.63) is 46.2 Å². The second-order valence-corrected chi connectivity index (χ2v) is 4.13. The molecule has 2 aromatic rings. The van der Waals surface area contributed by atoms with Crippen LogP contribution in [0.5, 0.6) is 0 Å². The Morgan fingerprint density at radius 3 is 2.64 bits per heavy atom. The maximum Gasteiger partial charge on any atom is 0.115 e. The standard InChI is InChI=1S/C10H10N2OS/c1-7-9(2-3-14-7)10(13)8-4-11-6-12-5-8/h2-6,10,13H,1H3. The van der Waals surface area contributed by atoms with Crippen LogP contribution in [0, 0.1) is 6.92 Å². The number of nitrogens with zero attached hydrogens (tertiary/aromatic N) is 2. The summed E-state index contributed by atoms with van der Waals surface area (Å²) < 4.78 is 0. The Kier molecular flexibility index (Phi) is 2.56. The zero-order chi connectivity index (χ0) is 9.97. The second-order valence-electron chi connectivity index (χ2n) is 3.01. The van der Waals surface area contributed by atoms with Gasteiger partial charge in [0.05, 0.1) is 0 Å². The van der Waals surface area contributed by atoms with Crippen molar-refractivity contribution in [2.24, 2.45) is 0 Å². The molecule has 72 valence electrons. The molecule has 0 spiro atoms. The van der Waals surface area contributed by atoms with E-state index in [-0.39, 0.29) is 0 Å². The van der Waals surface area contributed by atoms with Gasteiger partial charge in [0, 0.05) is 22.8 Å². The van der Waals surface area contributed by atoms with Gasteiger partial charge >= 0.3 is 0 Å². The summed E-state index contributed by atoms with van der Waals surface area (Å²) in [5, 5.41) is 12.0. The third kappa shape index (κ3) is 1.66. The Bertz CT molecular complexity index is 413. The first-order valence-corrected chi connectivity index (χ1v) is 5.14. The van der Waals surface area contributed by atoms with Gasteiger partial charge < -0.3 is 5.11 Å². The van der Waals surface area contributed by atoms with Crippen LogP contribution in [0.15, 0.2) is 30.2 Å². The van der Waals surface area contributed by atoms with Crippen LogP contribution in [0.2, 0.25) is 0 Å². The number of rotatable bonds is 2. The van der Waals surface area contributed by atoms with Gasteiger partial charge in [0.15, 0.2) is 0 Å². The molecule has 2 rings (SSSR count). The van der Waals surface area contributed by atoms with Crippen molar-refractivity contribution in [1.82, 2.24) is 9.97 Å². The summed E-state index contributed by atoms with van der Waals surface area (Å²) >= 11 is 1.63. The minimum atomic E-state index is -0.609. The van der Waals surface area contributed by atoms with Crippen LogP contribution in [-0.4, -0.2) is 15.1 Å². The average molecular weight is 206 g/mol. The van der Waals surface area contributed by atoms with Crippen molar-refractivity contribution < 1.29 is 5.11 Å². The largest absolute Gasteiger partial charge is 0.384 e. The number of aliphatic hydroxyl groups is 1. The van der Waals surface area contributed by atoms with Gasteiger partial charge in [-0.3, -0.25) is 0 Å². The van der Waals surface area contributed by atoms with Crippen molar-refractivity contribution in [3.63, 3.8) is 0 Å². The molecule has 0 saturated carbocycles. The Morgan fingerprint density at radius 1 is 1.36 bits per heavy atom. The fraction of sp³-hybridized carbons (Fsp3) is 0.200. The highest BCUT2D eigenvalue weighted by Crippen LogP contribution is 2.26. The van der Waals surface area contributed by atoms with Crippen LogP contribution >= 0.6 is 11.3 Å². The summed E-state index contributed by atoms with van der Waals surface area (Å²) in [4.78, 5) is 8.88. The summed E-state index contributed by atoms with van der Waals surface area (Å²) in [6.07, 6.45) is 4.11. The zero-order valence-electron chi connectivity index (χ0n) is 7.71. The third-order valence-electron chi connectivity index (χ3n) is 2.09. The van der Waals surface area contributed by atoms with Crippen molar-refractivity contribution >= 4 is 11.3 Å². The summed E-state index contributed by atoms with van der Waals surface area (Å²) in [7, 11) is 0. The summed E-state index contributed by atoms with van der Waals surface area (Å²) in [5.74, 6) is 0. The second kappa shape index (κ2) is 3.86. The lowest BCUT2D eigenvalue weighted by Crippen LogP contribution is -2.00. The average Bonchev–Trinajstić information content (AvgIpc) is 2.65. The highest BCUT2D eigenvalue weighted by Gasteiger charge is 2.13. The van der Waals surface area contributed by atoms with E-state index >= 15 is 0 Å². The fourth-order valence-electron chi connectivity index (χ4n) is 1.31. The Balaban J connectivity index is 2.34. The molecule has 14 heavy (non-hydrogen) atoms.